The molecule has 2 aromatic rings. The highest BCUT2D eigenvalue weighted by molar-refractivity contribution is 5.86. The van der Waals surface area contributed by atoms with E-state index in [0.29, 0.717) is 0 Å². The Bertz CT molecular complexity index is 541. The third kappa shape index (κ3) is 3.35. The summed E-state index contributed by atoms with van der Waals surface area (Å²) < 4.78 is 6.62. The Hall–Kier alpha value is -2.29. The van der Waals surface area contributed by atoms with Gasteiger partial charge in [0.05, 0.1) is 7.11 Å². The number of methoxy groups -OCH3 is 1. The van der Waals surface area contributed by atoms with E-state index < -0.39 is 0 Å². The van der Waals surface area contributed by atoms with Gasteiger partial charge in [-0.3, -0.25) is 0 Å². The van der Waals surface area contributed by atoms with E-state index in [9.17, 15) is 4.79 Å². The summed E-state index contributed by atoms with van der Waals surface area (Å²) in [4.78, 5) is 11.0. The fourth-order valence-corrected chi connectivity index (χ4v) is 1.68. The maximum absolute atomic E-state index is 11.0. The van der Waals surface area contributed by atoms with Gasteiger partial charge in [-0.25, -0.2) is 4.79 Å². The number of rotatable bonds is 4. The van der Waals surface area contributed by atoms with Gasteiger partial charge in [0, 0.05) is 25.0 Å². The first-order chi connectivity index (χ1) is 8.78. The van der Waals surface area contributed by atoms with Gasteiger partial charge < -0.3 is 9.30 Å². The maximum atomic E-state index is 11.0. The first-order valence-electron chi connectivity index (χ1n) is 5.73. The van der Waals surface area contributed by atoms with E-state index in [1.54, 1.807) is 6.08 Å². The van der Waals surface area contributed by atoms with Crippen LogP contribution in [0.15, 0.2) is 54.9 Å². The Morgan fingerprint density at radius 1 is 1.28 bits per heavy atom. The van der Waals surface area contributed by atoms with Crippen LogP contribution < -0.4 is 0 Å². The van der Waals surface area contributed by atoms with Crippen LogP contribution in [0.25, 0.3) is 6.08 Å². The van der Waals surface area contributed by atoms with Gasteiger partial charge in [-0.2, -0.15) is 0 Å². The molecule has 0 atom stereocenters. The molecule has 0 fully saturated rings. The molecule has 0 aliphatic rings. The van der Waals surface area contributed by atoms with Gasteiger partial charge in [0.25, 0.3) is 0 Å². The van der Waals surface area contributed by atoms with Gasteiger partial charge >= 0.3 is 5.97 Å². The summed E-state index contributed by atoms with van der Waals surface area (Å²) in [5, 5.41) is 0. The van der Waals surface area contributed by atoms with E-state index in [1.807, 2.05) is 36.7 Å². The number of hydrogen-bond acceptors (Lipinski definition) is 2. The predicted octanol–water partition coefficient (Wildman–Crippen LogP) is 2.72. The number of aromatic nitrogens is 1. The lowest BCUT2D eigenvalue weighted by Gasteiger charge is -2.01. The lowest BCUT2D eigenvalue weighted by Crippen LogP contribution is -1.95. The van der Waals surface area contributed by atoms with Crippen LogP contribution in [0, 0.1) is 0 Å². The molecule has 0 bridgehead atoms. The zero-order valence-electron chi connectivity index (χ0n) is 10.2. The van der Waals surface area contributed by atoms with Crippen LogP contribution in [0.2, 0.25) is 0 Å². The van der Waals surface area contributed by atoms with Gasteiger partial charge in [-0.15, -0.1) is 0 Å². The standard InChI is InChI=1S/C15H15NO2/c1-18-15(17)8-7-14-9-10-16(12-14)11-13-5-3-2-4-6-13/h2-10,12H,11H2,1H3/b8-7+. The Kier molecular flexibility index (Phi) is 3.97. The van der Waals surface area contributed by atoms with E-state index in [1.165, 1.54) is 18.7 Å². The highest BCUT2D eigenvalue weighted by Crippen LogP contribution is 2.07. The first kappa shape index (κ1) is 12.2. The van der Waals surface area contributed by atoms with Gasteiger partial charge in [-0.1, -0.05) is 30.3 Å². The highest BCUT2D eigenvalue weighted by Gasteiger charge is 1.97. The second-order valence-electron chi connectivity index (χ2n) is 3.96. The van der Waals surface area contributed by atoms with Crippen molar-refractivity contribution in [2.45, 2.75) is 6.54 Å². The van der Waals surface area contributed by atoms with Crippen molar-refractivity contribution in [2.75, 3.05) is 7.11 Å². The van der Waals surface area contributed by atoms with Crippen molar-refractivity contribution in [2.24, 2.45) is 0 Å². The highest BCUT2D eigenvalue weighted by atomic mass is 16.5. The molecule has 0 aliphatic carbocycles. The molecule has 0 radical (unpaired) electrons. The molecular weight excluding hydrogens is 226 g/mol. The molecule has 0 aliphatic heterocycles. The first-order valence-corrected chi connectivity index (χ1v) is 5.73. The summed E-state index contributed by atoms with van der Waals surface area (Å²) in [7, 11) is 1.37. The number of ether oxygens (including phenoxy) is 1. The predicted molar refractivity (Wildman–Crippen MR) is 71.0 cm³/mol. The van der Waals surface area contributed by atoms with Gasteiger partial charge in [0.1, 0.15) is 0 Å². The van der Waals surface area contributed by atoms with Gasteiger partial charge in [0.2, 0.25) is 0 Å². The van der Waals surface area contributed by atoms with E-state index >= 15 is 0 Å². The number of esters is 1. The molecule has 0 unspecified atom stereocenters. The SMILES string of the molecule is COC(=O)/C=C/c1ccn(Cc2ccccc2)c1. The summed E-state index contributed by atoms with van der Waals surface area (Å²) in [6.45, 7) is 0.826. The van der Waals surface area contributed by atoms with Crippen LogP contribution in [0.5, 0.6) is 0 Å². The summed E-state index contributed by atoms with van der Waals surface area (Å²) in [6, 6.07) is 12.2. The number of benzene rings is 1. The monoisotopic (exact) mass is 241 g/mol. The second-order valence-corrected chi connectivity index (χ2v) is 3.96. The maximum Gasteiger partial charge on any atom is 0.330 e. The minimum absolute atomic E-state index is 0.342. The Morgan fingerprint density at radius 3 is 2.78 bits per heavy atom. The molecule has 18 heavy (non-hydrogen) atoms. The van der Waals surface area contributed by atoms with Crippen LogP contribution in [-0.4, -0.2) is 17.6 Å². The summed E-state index contributed by atoms with van der Waals surface area (Å²) >= 11 is 0. The summed E-state index contributed by atoms with van der Waals surface area (Å²) in [5.41, 5.74) is 2.23. The van der Waals surface area contributed by atoms with E-state index in [4.69, 9.17) is 0 Å². The fourth-order valence-electron chi connectivity index (χ4n) is 1.68. The molecular formula is C15H15NO2. The van der Waals surface area contributed by atoms with Crippen molar-refractivity contribution in [3.8, 4) is 0 Å². The molecule has 1 aromatic heterocycles. The lowest BCUT2D eigenvalue weighted by molar-refractivity contribution is -0.134. The van der Waals surface area contributed by atoms with Gasteiger partial charge in [0.15, 0.2) is 0 Å². The average molecular weight is 241 g/mol. The van der Waals surface area contributed by atoms with Crippen LogP contribution in [0.1, 0.15) is 11.1 Å². The van der Waals surface area contributed by atoms with E-state index in [2.05, 4.69) is 21.4 Å². The minimum atomic E-state index is -0.342. The number of carbonyl (C=O) groups is 1. The van der Waals surface area contributed by atoms with Crippen molar-refractivity contribution in [1.82, 2.24) is 4.57 Å². The molecule has 0 saturated heterocycles. The van der Waals surface area contributed by atoms with E-state index in [-0.39, 0.29) is 5.97 Å². The minimum Gasteiger partial charge on any atom is -0.466 e. The lowest BCUT2D eigenvalue weighted by atomic mass is 10.2. The van der Waals surface area contributed by atoms with Gasteiger partial charge in [-0.05, 0) is 23.3 Å². The molecule has 0 N–H and O–H groups in total. The Balaban J connectivity index is 2.02. The van der Waals surface area contributed by atoms with Crippen LogP contribution in [0.4, 0.5) is 0 Å². The second kappa shape index (κ2) is 5.87. The summed E-state index contributed by atoms with van der Waals surface area (Å²) in [6.07, 6.45) is 7.14. The number of hydrogen-bond donors (Lipinski definition) is 0. The largest absolute Gasteiger partial charge is 0.466 e. The van der Waals surface area contributed by atoms with E-state index in [0.717, 1.165) is 12.1 Å². The molecule has 0 amide bonds. The molecule has 3 heteroatoms. The smallest absolute Gasteiger partial charge is 0.330 e. The Labute approximate surface area is 106 Å². The van der Waals surface area contributed by atoms with Crippen molar-refractivity contribution in [3.05, 3.63) is 66.0 Å². The van der Waals surface area contributed by atoms with Crippen LogP contribution in [-0.2, 0) is 16.1 Å². The molecule has 92 valence electrons. The van der Waals surface area contributed by atoms with Crippen molar-refractivity contribution in [1.29, 1.82) is 0 Å². The third-order valence-corrected chi connectivity index (χ3v) is 2.59. The fraction of sp³-hybridized carbons (Fsp3) is 0.133. The number of carbonyl (C=O) groups excluding carboxylic acids is 1. The molecule has 1 aromatic carbocycles. The molecule has 0 spiro atoms. The normalized spacial score (nSPS) is 10.7. The Morgan fingerprint density at radius 2 is 2.06 bits per heavy atom. The zero-order chi connectivity index (χ0) is 12.8. The average Bonchev–Trinajstić information content (AvgIpc) is 2.85. The van der Waals surface area contributed by atoms with Crippen molar-refractivity contribution >= 4 is 12.0 Å². The van der Waals surface area contributed by atoms with Crippen LogP contribution in [0.3, 0.4) is 0 Å². The van der Waals surface area contributed by atoms with Crippen molar-refractivity contribution < 1.29 is 9.53 Å². The van der Waals surface area contributed by atoms with Crippen LogP contribution >= 0.6 is 0 Å². The molecule has 1 heterocycles. The topological polar surface area (TPSA) is 31.2 Å². The third-order valence-electron chi connectivity index (χ3n) is 2.59. The quantitative estimate of drug-likeness (QED) is 0.608. The molecule has 2 rings (SSSR count). The molecule has 3 nitrogen and oxygen atoms in total. The zero-order valence-corrected chi connectivity index (χ0v) is 10.2. The number of nitrogens with zero attached hydrogens (tertiary/aromatic N) is 1. The molecule has 0 saturated carbocycles. The van der Waals surface area contributed by atoms with Crippen molar-refractivity contribution in [3.63, 3.8) is 0 Å². The summed E-state index contributed by atoms with van der Waals surface area (Å²) in [5.74, 6) is -0.342.